The summed E-state index contributed by atoms with van der Waals surface area (Å²) in [6, 6.07) is 0. The van der Waals surface area contributed by atoms with Crippen molar-refractivity contribution in [3.63, 3.8) is 0 Å². The Morgan fingerprint density at radius 1 is 1.00 bits per heavy atom. The van der Waals surface area contributed by atoms with Crippen molar-refractivity contribution in [3.05, 3.63) is 36.1 Å². The van der Waals surface area contributed by atoms with Gasteiger partial charge in [-0.1, -0.05) is 59.1 Å². The van der Waals surface area contributed by atoms with Crippen molar-refractivity contribution in [1.82, 2.24) is 0 Å². The molecule has 51 heavy (non-hydrogen) atoms. The van der Waals surface area contributed by atoms with Crippen molar-refractivity contribution in [3.8, 4) is 0 Å². The minimum absolute atomic E-state index is 0.0145. The van der Waals surface area contributed by atoms with Crippen LogP contribution in [0.15, 0.2) is 36.1 Å². The number of carbonyl (C=O) groups excluding carboxylic acids is 2. The molecule has 0 radical (unpaired) electrons. The maximum Gasteiger partial charge on any atom is 0.330 e. The molecule has 9 atom stereocenters. The molecule has 4 aliphatic rings. The molecule has 12 heteroatoms. The van der Waals surface area contributed by atoms with Crippen LogP contribution in [0.5, 0.6) is 0 Å². The summed E-state index contributed by atoms with van der Waals surface area (Å²) in [4.78, 5) is 26.0. The molecule has 0 amide bonds. The molecule has 290 valence electrons. The van der Waals surface area contributed by atoms with Gasteiger partial charge in [-0.05, 0) is 63.0 Å². The van der Waals surface area contributed by atoms with Gasteiger partial charge < -0.3 is 48.5 Å². The van der Waals surface area contributed by atoms with Crippen LogP contribution in [-0.2, 0) is 42.7 Å². The van der Waals surface area contributed by atoms with Gasteiger partial charge in [-0.3, -0.25) is 4.79 Å². The maximum atomic E-state index is 13.3. The number of methoxy groups -OCH3 is 1. The second-order valence-corrected chi connectivity index (χ2v) is 15.1. The Balaban J connectivity index is 1.68. The standard InChI is InChI=1S/C39H62O12/c1-6-7-8-9-10-14-34(42)50-37-27(21-35(43)45-5)20-32-24-33(25-40)47-26(2)19-28(41)22-29-12-11-13-30(48-29)23-31-16-18-46-36(49-31)15-17-38(3,4)39(37,44)51-32/h15,17,21,28-33,36-37,40-41,44H,2,6-14,16,18-20,22-25H2,1,3-5H3/b17-15+,27-21+/t28-,29-,30+,31-,32?,33?,36-,37-,39+/m0/s1. The van der Waals surface area contributed by atoms with Crippen molar-refractivity contribution < 1.29 is 58.1 Å². The number of aliphatic hydroxyl groups is 3. The van der Waals surface area contributed by atoms with E-state index in [2.05, 4.69) is 13.5 Å². The highest BCUT2D eigenvalue weighted by Crippen LogP contribution is 2.47. The van der Waals surface area contributed by atoms with Crippen molar-refractivity contribution >= 4 is 11.9 Å². The van der Waals surface area contributed by atoms with Crippen LogP contribution in [0.4, 0.5) is 0 Å². The first-order valence-electron chi connectivity index (χ1n) is 19.0. The minimum Gasteiger partial charge on any atom is -0.493 e. The van der Waals surface area contributed by atoms with Crippen molar-refractivity contribution in [1.29, 1.82) is 0 Å². The zero-order chi connectivity index (χ0) is 37.0. The summed E-state index contributed by atoms with van der Waals surface area (Å²) in [5.74, 6) is -3.08. The summed E-state index contributed by atoms with van der Waals surface area (Å²) in [5, 5.41) is 34.0. The number of fused-ring (bicyclic) bond motifs is 6. The van der Waals surface area contributed by atoms with Gasteiger partial charge in [0.1, 0.15) is 6.10 Å². The van der Waals surface area contributed by atoms with Gasteiger partial charge in [-0.15, -0.1) is 0 Å². The fourth-order valence-electron chi connectivity index (χ4n) is 7.50. The lowest BCUT2D eigenvalue weighted by Gasteiger charge is -2.51. The van der Waals surface area contributed by atoms with Crippen LogP contribution < -0.4 is 0 Å². The molecule has 3 saturated heterocycles. The van der Waals surface area contributed by atoms with E-state index in [0.717, 1.165) is 44.9 Å². The number of hydrogen-bond donors (Lipinski definition) is 3. The average Bonchev–Trinajstić information content (AvgIpc) is 3.08. The fourth-order valence-corrected chi connectivity index (χ4v) is 7.50. The van der Waals surface area contributed by atoms with Gasteiger partial charge in [-0.25, -0.2) is 4.79 Å². The summed E-state index contributed by atoms with van der Waals surface area (Å²) in [6.45, 7) is 9.71. The number of ether oxygens (including phenoxy) is 7. The first-order chi connectivity index (χ1) is 24.3. The molecule has 6 bridgehead atoms. The Hall–Kier alpha value is -2.32. The van der Waals surface area contributed by atoms with E-state index in [0.29, 0.717) is 43.6 Å². The highest BCUT2D eigenvalue weighted by atomic mass is 16.7. The van der Waals surface area contributed by atoms with E-state index in [9.17, 15) is 24.9 Å². The molecule has 0 aromatic carbocycles. The normalized spacial score (nSPS) is 36.4. The third-order valence-electron chi connectivity index (χ3n) is 10.4. The molecule has 0 spiro atoms. The smallest absolute Gasteiger partial charge is 0.330 e. The van der Waals surface area contributed by atoms with E-state index in [4.69, 9.17) is 33.2 Å². The van der Waals surface area contributed by atoms with Crippen LogP contribution in [0.3, 0.4) is 0 Å². The quantitative estimate of drug-likeness (QED) is 0.122. The first-order valence-corrected chi connectivity index (χ1v) is 19.0. The first kappa shape index (κ1) is 41.4. The molecule has 4 aliphatic heterocycles. The zero-order valence-electron chi connectivity index (χ0n) is 31.1. The van der Waals surface area contributed by atoms with E-state index >= 15 is 0 Å². The highest BCUT2D eigenvalue weighted by molar-refractivity contribution is 5.83. The fraction of sp³-hybridized carbons (Fsp3) is 0.795. The third-order valence-corrected chi connectivity index (χ3v) is 10.4. The predicted molar refractivity (Wildman–Crippen MR) is 188 cm³/mol. The lowest BCUT2D eigenvalue weighted by atomic mass is 9.74. The summed E-state index contributed by atoms with van der Waals surface area (Å²) in [7, 11) is 1.25. The molecular formula is C39H62O12. The van der Waals surface area contributed by atoms with Gasteiger partial charge in [0.25, 0.3) is 0 Å². The topological polar surface area (TPSA) is 159 Å². The Bertz CT molecular complexity index is 1200. The van der Waals surface area contributed by atoms with Gasteiger partial charge in [0.05, 0.1) is 56.6 Å². The Kier molecular flexibility index (Phi) is 16.0. The van der Waals surface area contributed by atoms with E-state index in [1.807, 2.05) is 0 Å². The van der Waals surface area contributed by atoms with Crippen molar-refractivity contribution in [2.24, 2.45) is 5.41 Å². The van der Waals surface area contributed by atoms with E-state index in [1.165, 1.54) is 13.2 Å². The molecule has 3 fully saturated rings. The van der Waals surface area contributed by atoms with Crippen LogP contribution in [-0.4, -0.2) is 102 Å². The molecule has 12 nitrogen and oxygen atoms in total. The summed E-state index contributed by atoms with van der Waals surface area (Å²) in [6.07, 6.45) is 9.77. The van der Waals surface area contributed by atoms with Gasteiger partial charge >= 0.3 is 11.9 Å². The largest absolute Gasteiger partial charge is 0.493 e. The number of carbonyl (C=O) groups is 2. The monoisotopic (exact) mass is 722 g/mol. The maximum absolute atomic E-state index is 13.3. The molecule has 0 aromatic heterocycles. The molecule has 0 saturated carbocycles. The second kappa shape index (κ2) is 19.7. The number of rotatable bonds is 9. The van der Waals surface area contributed by atoms with E-state index < -0.39 is 60.5 Å². The summed E-state index contributed by atoms with van der Waals surface area (Å²) in [5.41, 5.74) is -0.928. The molecular weight excluding hydrogens is 660 g/mol. The predicted octanol–water partition coefficient (Wildman–Crippen LogP) is 5.31. The Morgan fingerprint density at radius 3 is 2.45 bits per heavy atom. The molecule has 0 aromatic rings. The SMILES string of the molecule is C=C1C[C@H](O)C[C@@H]2CCC[C@H](C[C@@H]3CCO[C@H](/C=C/C(C)(C)[C@]4(O)OC(C/C(=C\C(=O)OC)[C@@H]4OC(=O)CCCCCCC)CC(CO)O1)O3)O2. The van der Waals surface area contributed by atoms with Gasteiger partial charge in [-0.2, -0.15) is 0 Å². The van der Waals surface area contributed by atoms with Gasteiger partial charge in [0.2, 0.25) is 5.79 Å². The molecule has 4 rings (SSSR count). The number of hydrogen-bond acceptors (Lipinski definition) is 12. The van der Waals surface area contributed by atoms with E-state index in [-0.39, 0.29) is 44.0 Å². The van der Waals surface area contributed by atoms with Crippen LogP contribution in [0, 0.1) is 5.41 Å². The van der Waals surface area contributed by atoms with Crippen molar-refractivity contribution in [2.75, 3.05) is 20.3 Å². The number of unbranched alkanes of at least 4 members (excludes halogenated alkanes) is 4. The highest BCUT2D eigenvalue weighted by Gasteiger charge is 2.57. The molecule has 4 heterocycles. The number of esters is 2. The lowest BCUT2D eigenvalue weighted by molar-refractivity contribution is -0.327. The second-order valence-electron chi connectivity index (χ2n) is 15.1. The summed E-state index contributed by atoms with van der Waals surface area (Å²) < 4.78 is 42.2. The summed E-state index contributed by atoms with van der Waals surface area (Å²) >= 11 is 0. The van der Waals surface area contributed by atoms with Gasteiger partial charge in [0.15, 0.2) is 12.4 Å². The molecule has 0 aliphatic carbocycles. The van der Waals surface area contributed by atoms with Crippen LogP contribution >= 0.6 is 0 Å². The minimum atomic E-state index is -2.18. The van der Waals surface area contributed by atoms with E-state index in [1.54, 1.807) is 26.0 Å². The average molecular weight is 723 g/mol. The van der Waals surface area contributed by atoms with Crippen LogP contribution in [0.2, 0.25) is 0 Å². The van der Waals surface area contributed by atoms with Crippen LogP contribution in [0.25, 0.3) is 0 Å². The zero-order valence-corrected chi connectivity index (χ0v) is 31.1. The lowest BCUT2D eigenvalue weighted by Crippen LogP contribution is -2.62. The molecule has 3 N–H and O–H groups in total. The Labute approximate surface area is 303 Å². The number of aliphatic hydroxyl groups excluding tert-OH is 2. The molecule has 2 unspecified atom stereocenters. The third kappa shape index (κ3) is 12.1. The van der Waals surface area contributed by atoms with Crippen molar-refractivity contribution in [2.45, 2.75) is 172 Å². The Morgan fingerprint density at radius 2 is 1.73 bits per heavy atom. The van der Waals surface area contributed by atoms with Gasteiger partial charge in [0, 0.05) is 30.8 Å². The van der Waals surface area contributed by atoms with Crippen LogP contribution in [0.1, 0.15) is 117 Å².